The summed E-state index contributed by atoms with van der Waals surface area (Å²) in [5.74, 6) is 0. The van der Waals surface area contributed by atoms with Crippen LogP contribution < -0.4 is 0 Å². The first-order chi connectivity index (χ1) is 11.6. The number of aryl methyl sites for hydroxylation is 1. The van der Waals surface area contributed by atoms with Crippen LogP contribution in [0.3, 0.4) is 0 Å². The average Bonchev–Trinajstić information content (AvgIpc) is 3.24. The molecule has 0 aliphatic carbocycles. The van der Waals surface area contributed by atoms with Crippen LogP contribution in [-0.2, 0) is 10.0 Å². The predicted octanol–water partition coefficient (Wildman–Crippen LogP) is 4.18. The van der Waals surface area contributed by atoms with Gasteiger partial charge in [0.05, 0.1) is 10.6 Å². The van der Waals surface area contributed by atoms with Crippen LogP contribution in [0.5, 0.6) is 0 Å². The van der Waals surface area contributed by atoms with Crippen LogP contribution in [0, 0.1) is 6.92 Å². The molecule has 0 saturated heterocycles. The summed E-state index contributed by atoms with van der Waals surface area (Å²) in [5, 5.41) is 1.05. The van der Waals surface area contributed by atoms with E-state index in [4.69, 9.17) is 0 Å². The van der Waals surface area contributed by atoms with Crippen molar-refractivity contribution in [1.29, 1.82) is 0 Å². The van der Waals surface area contributed by atoms with E-state index in [0.29, 0.717) is 5.69 Å². The third kappa shape index (κ3) is 2.34. The molecule has 120 valence electrons. The first-order valence-corrected chi connectivity index (χ1v) is 9.07. The van der Waals surface area contributed by atoms with Crippen LogP contribution in [0.2, 0.25) is 0 Å². The molecule has 0 spiro atoms. The summed E-state index contributed by atoms with van der Waals surface area (Å²) in [6.07, 6.45) is 3.46. The number of hydrogen-bond acceptors (Lipinski definition) is 2. The molecule has 4 nitrogen and oxygen atoms in total. The van der Waals surface area contributed by atoms with E-state index in [2.05, 4.69) is 4.98 Å². The minimum Gasteiger partial charge on any atom is -0.361 e. The second kappa shape index (κ2) is 5.39. The maximum atomic E-state index is 13.0. The molecule has 0 aliphatic heterocycles. The van der Waals surface area contributed by atoms with Crippen molar-refractivity contribution in [3.63, 3.8) is 0 Å². The third-order valence-corrected chi connectivity index (χ3v) is 5.84. The molecule has 2 aromatic heterocycles. The monoisotopic (exact) mass is 336 g/mol. The van der Waals surface area contributed by atoms with Crippen molar-refractivity contribution >= 4 is 20.9 Å². The Kier molecular flexibility index (Phi) is 3.32. The molecular weight excluding hydrogens is 320 g/mol. The van der Waals surface area contributed by atoms with Gasteiger partial charge in [0.25, 0.3) is 10.0 Å². The van der Waals surface area contributed by atoms with E-state index in [9.17, 15) is 8.42 Å². The van der Waals surface area contributed by atoms with E-state index in [0.717, 1.165) is 22.0 Å². The van der Waals surface area contributed by atoms with Gasteiger partial charge in [-0.25, -0.2) is 12.4 Å². The van der Waals surface area contributed by atoms with E-state index in [-0.39, 0.29) is 4.90 Å². The predicted molar refractivity (Wildman–Crippen MR) is 95.5 cm³/mol. The lowest BCUT2D eigenvalue weighted by Gasteiger charge is -2.11. The maximum Gasteiger partial charge on any atom is 0.268 e. The number of aromatic nitrogens is 2. The fourth-order valence-electron chi connectivity index (χ4n) is 2.84. The highest BCUT2D eigenvalue weighted by Crippen LogP contribution is 2.27. The molecule has 0 aliphatic rings. The van der Waals surface area contributed by atoms with Crippen molar-refractivity contribution < 1.29 is 8.42 Å². The molecule has 2 aromatic carbocycles. The standard InChI is InChI=1S/C19H16N2O2S/c1-14-4-7-17(8-5-14)24(22,23)21-12-2-3-19(21)16-6-9-18-15(13-16)10-11-20-18/h2-13,20H,1H3. The summed E-state index contributed by atoms with van der Waals surface area (Å²) < 4.78 is 27.3. The van der Waals surface area contributed by atoms with Crippen molar-refractivity contribution in [1.82, 2.24) is 8.96 Å². The second-order valence-corrected chi connectivity index (χ2v) is 7.60. The highest BCUT2D eigenvalue weighted by molar-refractivity contribution is 7.90. The van der Waals surface area contributed by atoms with Gasteiger partial charge in [-0.15, -0.1) is 0 Å². The molecule has 0 amide bonds. The zero-order valence-corrected chi connectivity index (χ0v) is 13.9. The molecule has 0 atom stereocenters. The molecule has 2 heterocycles. The number of H-pyrrole nitrogens is 1. The van der Waals surface area contributed by atoms with Crippen molar-refractivity contribution in [3.8, 4) is 11.3 Å². The van der Waals surface area contributed by atoms with E-state index in [1.165, 1.54) is 3.97 Å². The van der Waals surface area contributed by atoms with Crippen LogP contribution in [0.1, 0.15) is 5.56 Å². The Morgan fingerprint density at radius 2 is 1.75 bits per heavy atom. The molecule has 1 N–H and O–H groups in total. The summed E-state index contributed by atoms with van der Waals surface area (Å²) in [7, 11) is -3.62. The topological polar surface area (TPSA) is 54.9 Å². The highest BCUT2D eigenvalue weighted by atomic mass is 32.2. The normalized spacial score (nSPS) is 11.9. The van der Waals surface area contributed by atoms with Crippen molar-refractivity contribution in [2.45, 2.75) is 11.8 Å². The van der Waals surface area contributed by atoms with Gasteiger partial charge in [0.1, 0.15) is 0 Å². The number of nitrogens with one attached hydrogen (secondary N) is 1. The molecule has 0 bridgehead atoms. The minimum absolute atomic E-state index is 0.285. The van der Waals surface area contributed by atoms with Gasteiger partial charge >= 0.3 is 0 Å². The zero-order valence-electron chi connectivity index (χ0n) is 13.1. The van der Waals surface area contributed by atoms with Gasteiger partial charge in [0.2, 0.25) is 0 Å². The van der Waals surface area contributed by atoms with Gasteiger partial charge in [0, 0.05) is 23.3 Å². The zero-order chi connectivity index (χ0) is 16.7. The van der Waals surface area contributed by atoms with Gasteiger partial charge in [-0.2, -0.15) is 0 Å². The summed E-state index contributed by atoms with van der Waals surface area (Å²) in [4.78, 5) is 3.43. The number of fused-ring (bicyclic) bond motifs is 1. The third-order valence-electron chi connectivity index (χ3n) is 4.14. The highest BCUT2D eigenvalue weighted by Gasteiger charge is 2.20. The second-order valence-electron chi connectivity index (χ2n) is 5.79. The Morgan fingerprint density at radius 3 is 2.54 bits per heavy atom. The van der Waals surface area contributed by atoms with Gasteiger partial charge in [0.15, 0.2) is 0 Å². The first kappa shape index (κ1) is 14.8. The Balaban J connectivity index is 1.86. The van der Waals surface area contributed by atoms with Crippen LogP contribution >= 0.6 is 0 Å². The van der Waals surface area contributed by atoms with E-state index in [1.807, 2.05) is 55.6 Å². The SMILES string of the molecule is Cc1ccc(S(=O)(=O)n2cccc2-c2ccc3[nH]ccc3c2)cc1. The summed E-state index contributed by atoms with van der Waals surface area (Å²) in [5.41, 5.74) is 3.57. The van der Waals surface area contributed by atoms with Gasteiger partial charge in [-0.1, -0.05) is 23.8 Å². The molecule has 0 saturated carbocycles. The van der Waals surface area contributed by atoms with Gasteiger partial charge in [-0.05, 0) is 55.0 Å². The number of aromatic amines is 1. The number of nitrogens with zero attached hydrogens (tertiary/aromatic N) is 1. The Labute approximate surface area is 140 Å². The largest absolute Gasteiger partial charge is 0.361 e. The van der Waals surface area contributed by atoms with Gasteiger partial charge < -0.3 is 4.98 Å². The van der Waals surface area contributed by atoms with E-state index >= 15 is 0 Å². The molecule has 4 rings (SSSR count). The maximum absolute atomic E-state index is 13.0. The molecule has 0 unspecified atom stereocenters. The van der Waals surface area contributed by atoms with Crippen molar-refractivity contribution in [2.24, 2.45) is 0 Å². The van der Waals surface area contributed by atoms with Crippen LogP contribution in [0.25, 0.3) is 22.2 Å². The smallest absolute Gasteiger partial charge is 0.268 e. The number of benzene rings is 2. The lowest BCUT2D eigenvalue weighted by atomic mass is 10.1. The van der Waals surface area contributed by atoms with E-state index < -0.39 is 10.0 Å². The Hall–Kier alpha value is -2.79. The molecule has 4 aromatic rings. The van der Waals surface area contributed by atoms with Crippen molar-refractivity contribution in [3.05, 3.63) is 78.6 Å². The first-order valence-electron chi connectivity index (χ1n) is 7.63. The molecule has 5 heteroatoms. The summed E-state index contributed by atoms with van der Waals surface area (Å²) in [6, 6.07) is 18.3. The fourth-order valence-corrected chi connectivity index (χ4v) is 4.20. The van der Waals surface area contributed by atoms with Crippen molar-refractivity contribution in [2.75, 3.05) is 0 Å². The minimum atomic E-state index is -3.62. The lowest BCUT2D eigenvalue weighted by molar-refractivity contribution is 0.588. The van der Waals surface area contributed by atoms with E-state index in [1.54, 1.807) is 24.4 Å². The van der Waals surface area contributed by atoms with Gasteiger partial charge in [-0.3, -0.25) is 0 Å². The fraction of sp³-hybridized carbons (Fsp3) is 0.0526. The quantitative estimate of drug-likeness (QED) is 0.610. The Bertz CT molecular complexity index is 1120. The summed E-state index contributed by atoms with van der Waals surface area (Å²) >= 11 is 0. The van der Waals surface area contributed by atoms with Crippen LogP contribution in [0.15, 0.2) is 78.0 Å². The molecular formula is C19H16N2O2S. The number of rotatable bonds is 3. The Morgan fingerprint density at radius 1 is 0.958 bits per heavy atom. The van der Waals surface area contributed by atoms with Crippen LogP contribution in [0.4, 0.5) is 0 Å². The lowest BCUT2D eigenvalue weighted by Crippen LogP contribution is -2.13. The molecule has 24 heavy (non-hydrogen) atoms. The number of hydrogen-bond donors (Lipinski definition) is 1. The van der Waals surface area contributed by atoms with Crippen LogP contribution in [-0.4, -0.2) is 17.4 Å². The molecule has 0 fully saturated rings. The average molecular weight is 336 g/mol. The summed E-state index contributed by atoms with van der Waals surface area (Å²) in [6.45, 7) is 1.93. The molecule has 0 radical (unpaired) electrons.